The van der Waals surface area contributed by atoms with Crippen molar-refractivity contribution in [3.63, 3.8) is 0 Å². The first-order valence-electron chi connectivity index (χ1n) is 10.7. The molecule has 1 aliphatic carbocycles. The largest absolute Gasteiger partial charge is 0.380 e. The summed E-state index contributed by atoms with van der Waals surface area (Å²) in [5.74, 6) is 0.501. The van der Waals surface area contributed by atoms with Gasteiger partial charge in [0.05, 0.1) is 0 Å². The molecule has 1 saturated carbocycles. The normalized spacial score (nSPS) is 22.6. The maximum atomic E-state index is 13.2. The highest BCUT2D eigenvalue weighted by atomic mass is 19.1. The van der Waals surface area contributed by atoms with Crippen molar-refractivity contribution in [2.45, 2.75) is 45.6 Å². The summed E-state index contributed by atoms with van der Waals surface area (Å²) in [5, 5.41) is 3.94. The van der Waals surface area contributed by atoms with Crippen molar-refractivity contribution >= 4 is 5.70 Å². The van der Waals surface area contributed by atoms with E-state index >= 15 is 0 Å². The Hall–Kier alpha value is -2.13. The smallest absolute Gasteiger partial charge is 0.123 e. The van der Waals surface area contributed by atoms with E-state index in [1.807, 2.05) is 12.1 Å². The van der Waals surface area contributed by atoms with E-state index in [4.69, 9.17) is 0 Å². The van der Waals surface area contributed by atoms with Crippen LogP contribution < -0.4 is 5.32 Å². The highest BCUT2D eigenvalue weighted by molar-refractivity contribution is 5.72. The first-order chi connectivity index (χ1) is 13.6. The fraction of sp³-hybridized carbons (Fsp3) is 0.440. The number of allylic oxidation sites excluding steroid dienone is 1. The minimum absolute atomic E-state index is 0.190. The lowest BCUT2D eigenvalue weighted by Crippen LogP contribution is -2.49. The van der Waals surface area contributed by atoms with Gasteiger partial charge in [0.2, 0.25) is 0 Å². The van der Waals surface area contributed by atoms with Crippen molar-refractivity contribution in [3.8, 4) is 11.1 Å². The van der Waals surface area contributed by atoms with Crippen LogP contribution in [-0.4, -0.2) is 30.6 Å². The van der Waals surface area contributed by atoms with Crippen LogP contribution in [-0.2, 0) is 0 Å². The number of nitrogens with one attached hydrogen (secondary N) is 1. The summed E-state index contributed by atoms with van der Waals surface area (Å²) in [6.07, 6.45) is 4.98. The van der Waals surface area contributed by atoms with Crippen LogP contribution in [0.25, 0.3) is 16.8 Å². The highest BCUT2D eigenvalue weighted by Crippen LogP contribution is 2.34. The van der Waals surface area contributed by atoms with Crippen LogP contribution >= 0.6 is 0 Å². The number of likely N-dealkylation sites (tertiary alicyclic amines) is 1. The minimum Gasteiger partial charge on any atom is -0.380 e. The van der Waals surface area contributed by atoms with Crippen molar-refractivity contribution in [1.29, 1.82) is 0 Å². The minimum atomic E-state index is -0.190. The van der Waals surface area contributed by atoms with Gasteiger partial charge in [0, 0.05) is 18.3 Å². The van der Waals surface area contributed by atoms with Gasteiger partial charge in [0.1, 0.15) is 5.82 Å². The standard InChI is InChI=1S/C25H31FN2/c1-3-28-16-15-18(2)24(17-28)27-25(21-5-4-6-21)22-9-7-19(8-10-22)20-11-13-23(26)14-12-20/h7-14,18,24,27H,3-6,15-17H2,1-2H3/t18?,24-/m0/s1. The summed E-state index contributed by atoms with van der Waals surface area (Å²) in [6.45, 7) is 8.11. The average molecular weight is 379 g/mol. The van der Waals surface area contributed by atoms with Crippen molar-refractivity contribution in [2.75, 3.05) is 19.6 Å². The molecule has 2 aromatic rings. The van der Waals surface area contributed by atoms with Gasteiger partial charge in [-0.2, -0.15) is 0 Å². The molecule has 0 aromatic heterocycles. The lowest BCUT2D eigenvalue weighted by atomic mass is 9.86. The van der Waals surface area contributed by atoms with Gasteiger partial charge >= 0.3 is 0 Å². The van der Waals surface area contributed by atoms with Crippen LogP contribution in [0.3, 0.4) is 0 Å². The van der Waals surface area contributed by atoms with Crippen molar-refractivity contribution in [3.05, 3.63) is 65.5 Å². The zero-order valence-electron chi connectivity index (χ0n) is 17.0. The molecule has 1 N–H and O–H groups in total. The van der Waals surface area contributed by atoms with Gasteiger partial charge in [0.25, 0.3) is 0 Å². The fourth-order valence-corrected chi connectivity index (χ4v) is 4.26. The van der Waals surface area contributed by atoms with Crippen molar-refractivity contribution in [1.82, 2.24) is 10.2 Å². The number of likely N-dealkylation sites (N-methyl/N-ethyl adjacent to an activating group) is 1. The van der Waals surface area contributed by atoms with E-state index in [0.717, 1.165) is 24.2 Å². The third kappa shape index (κ3) is 4.15. The Morgan fingerprint density at radius 2 is 1.68 bits per heavy atom. The van der Waals surface area contributed by atoms with E-state index in [1.165, 1.54) is 55.6 Å². The highest BCUT2D eigenvalue weighted by Gasteiger charge is 2.27. The van der Waals surface area contributed by atoms with E-state index in [1.54, 1.807) is 5.57 Å². The molecule has 1 unspecified atom stereocenters. The van der Waals surface area contributed by atoms with E-state index < -0.39 is 0 Å². The molecule has 2 nitrogen and oxygen atoms in total. The Labute approximate surface area is 168 Å². The van der Waals surface area contributed by atoms with Gasteiger partial charge in [-0.3, -0.25) is 0 Å². The molecule has 0 bridgehead atoms. The average Bonchev–Trinajstić information content (AvgIpc) is 2.68. The van der Waals surface area contributed by atoms with Gasteiger partial charge in [-0.05, 0) is 79.1 Å². The quantitative estimate of drug-likeness (QED) is 0.717. The fourth-order valence-electron chi connectivity index (χ4n) is 4.26. The van der Waals surface area contributed by atoms with Gasteiger partial charge in [-0.15, -0.1) is 0 Å². The second-order valence-corrected chi connectivity index (χ2v) is 8.33. The first kappa shape index (κ1) is 19.2. The van der Waals surface area contributed by atoms with E-state index in [2.05, 4.69) is 48.3 Å². The molecule has 2 atom stereocenters. The van der Waals surface area contributed by atoms with Crippen LogP contribution in [0.4, 0.5) is 4.39 Å². The molecule has 28 heavy (non-hydrogen) atoms. The van der Waals surface area contributed by atoms with E-state index in [0.29, 0.717) is 12.0 Å². The van der Waals surface area contributed by atoms with Gasteiger partial charge in [0.15, 0.2) is 0 Å². The molecule has 3 heteroatoms. The number of rotatable bonds is 5. The lowest BCUT2D eigenvalue weighted by Gasteiger charge is -2.39. The SMILES string of the molecule is CCN1CCC(C)[C@@H](NC(=C2CCC2)c2ccc(-c3ccc(F)cc3)cc2)C1. The first-order valence-corrected chi connectivity index (χ1v) is 10.7. The molecule has 2 aliphatic rings. The maximum absolute atomic E-state index is 13.2. The lowest BCUT2D eigenvalue weighted by molar-refractivity contribution is 0.164. The molecule has 2 aromatic carbocycles. The van der Waals surface area contributed by atoms with Gasteiger partial charge in [-0.1, -0.05) is 50.2 Å². The number of benzene rings is 2. The monoisotopic (exact) mass is 378 g/mol. The molecule has 0 spiro atoms. The molecule has 1 saturated heterocycles. The number of nitrogens with zero attached hydrogens (tertiary/aromatic N) is 1. The molecule has 4 rings (SSSR count). The molecule has 148 valence electrons. The molecule has 0 radical (unpaired) electrons. The zero-order chi connectivity index (χ0) is 19.5. The van der Waals surface area contributed by atoms with E-state index in [-0.39, 0.29) is 5.82 Å². The third-order valence-electron chi connectivity index (χ3n) is 6.48. The molecule has 0 amide bonds. The predicted molar refractivity (Wildman–Crippen MR) is 115 cm³/mol. The summed E-state index contributed by atoms with van der Waals surface area (Å²) >= 11 is 0. The van der Waals surface area contributed by atoms with Gasteiger partial charge < -0.3 is 10.2 Å². The maximum Gasteiger partial charge on any atom is 0.123 e. The van der Waals surface area contributed by atoms with Crippen LogP contribution in [0.2, 0.25) is 0 Å². The summed E-state index contributed by atoms with van der Waals surface area (Å²) in [4.78, 5) is 2.55. The summed E-state index contributed by atoms with van der Waals surface area (Å²) in [7, 11) is 0. The molecular weight excluding hydrogens is 347 g/mol. The number of piperidine rings is 1. The van der Waals surface area contributed by atoms with Crippen molar-refractivity contribution in [2.24, 2.45) is 5.92 Å². The number of hydrogen-bond donors (Lipinski definition) is 1. The number of halogens is 1. The Balaban J connectivity index is 1.56. The molecule has 1 heterocycles. The summed E-state index contributed by atoms with van der Waals surface area (Å²) in [6, 6.07) is 16.0. The molecular formula is C25H31FN2. The second-order valence-electron chi connectivity index (χ2n) is 8.33. The van der Waals surface area contributed by atoms with E-state index in [9.17, 15) is 4.39 Å². The predicted octanol–water partition coefficient (Wildman–Crippen LogP) is 5.71. The van der Waals surface area contributed by atoms with Crippen LogP contribution in [0.15, 0.2) is 54.1 Å². The number of hydrogen-bond acceptors (Lipinski definition) is 2. The zero-order valence-corrected chi connectivity index (χ0v) is 17.0. The van der Waals surface area contributed by atoms with Crippen LogP contribution in [0.5, 0.6) is 0 Å². The second kappa shape index (κ2) is 8.48. The van der Waals surface area contributed by atoms with Crippen molar-refractivity contribution < 1.29 is 4.39 Å². The Bertz CT molecular complexity index is 817. The molecule has 2 fully saturated rings. The molecule has 1 aliphatic heterocycles. The Morgan fingerprint density at radius 3 is 2.25 bits per heavy atom. The topological polar surface area (TPSA) is 15.3 Å². The Morgan fingerprint density at radius 1 is 1.04 bits per heavy atom. The van der Waals surface area contributed by atoms with Crippen LogP contribution in [0.1, 0.15) is 45.1 Å². The summed E-state index contributed by atoms with van der Waals surface area (Å²) < 4.78 is 13.2. The van der Waals surface area contributed by atoms with Crippen LogP contribution in [0, 0.1) is 11.7 Å². The Kier molecular flexibility index (Phi) is 5.82. The third-order valence-corrected chi connectivity index (χ3v) is 6.48. The van der Waals surface area contributed by atoms with Gasteiger partial charge in [-0.25, -0.2) is 4.39 Å². The summed E-state index contributed by atoms with van der Waals surface area (Å²) in [5.41, 5.74) is 6.38.